The average Bonchev–Trinajstić information content (AvgIpc) is 3.21. The molecule has 29 heavy (non-hydrogen) atoms. The van der Waals surface area contributed by atoms with Crippen LogP contribution in [-0.4, -0.2) is 34.6 Å². The van der Waals surface area contributed by atoms with Crippen LogP contribution in [0.3, 0.4) is 0 Å². The van der Waals surface area contributed by atoms with E-state index in [-0.39, 0.29) is 47.2 Å². The molecule has 0 amide bonds. The van der Waals surface area contributed by atoms with Crippen LogP contribution in [0.25, 0.3) is 0 Å². The molecule has 0 fully saturated rings. The van der Waals surface area contributed by atoms with Crippen molar-refractivity contribution in [1.82, 2.24) is 0 Å². The number of nitro groups is 2. The van der Waals surface area contributed by atoms with Gasteiger partial charge < -0.3 is 9.47 Å². The molecule has 148 valence electrons. The number of hydrogen-bond acceptors (Lipinski definition) is 8. The minimum absolute atomic E-state index is 0.0585. The van der Waals surface area contributed by atoms with E-state index < -0.39 is 26.8 Å². The first-order chi connectivity index (χ1) is 13.7. The Morgan fingerprint density at radius 2 is 1.21 bits per heavy atom. The first kappa shape index (κ1) is 18.5. The van der Waals surface area contributed by atoms with Crippen molar-refractivity contribution in [3.63, 3.8) is 0 Å². The summed E-state index contributed by atoms with van der Waals surface area (Å²) in [5.74, 6) is -0.482. The topological polar surface area (TPSA) is 139 Å². The van der Waals surface area contributed by atoms with Crippen molar-refractivity contribution in [3.8, 4) is 11.5 Å². The predicted molar refractivity (Wildman–Crippen MR) is 98.0 cm³/mol. The molecule has 2 aliphatic rings. The zero-order valence-corrected chi connectivity index (χ0v) is 15.4. The smallest absolute Gasteiger partial charge is 0.283 e. The number of carbonyl (C=O) groups is 2. The van der Waals surface area contributed by atoms with Crippen LogP contribution in [0.4, 0.5) is 11.4 Å². The molecule has 0 aliphatic carbocycles. The minimum atomic E-state index is -0.927. The van der Waals surface area contributed by atoms with Crippen LogP contribution < -0.4 is 9.47 Å². The highest BCUT2D eigenvalue weighted by molar-refractivity contribution is 6.00. The summed E-state index contributed by atoms with van der Waals surface area (Å²) in [7, 11) is 0. The highest BCUT2D eigenvalue weighted by Gasteiger charge is 2.50. The molecule has 0 aromatic heterocycles. The normalized spacial score (nSPS) is 15.2. The molecule has 0 saturated heterocycles. The standard InChI is InChI=1S/C19H14N2O8/c1-9(22)11-3-13-17(5-15(11)20(24)25)28-7-19(13)8-29-18-6-16(21(26)27)12(10(2)23)4-14(18)19/h3-6H,7-8H2,1-2H3. The summed E-state index contributed by atoms with van der Waals surface area (Å²) < 4.78 is 11.4. The van der Waals surface area contributed by atoms with E-state index >= 15 is 0 Å². The summed E-state index contributed by atoms with van der Waals surface area (Å²) >= 11 is 0. The van der Waals surface area contributed by atoms with Crippen molar-refractivity contribution in [2.45, 2.75) is 19.3 Å². The van der Waals surface area contributed by atoms with Gasteiger partial charge in [0.2, 0.25) is 0 Å². The Morgan fingerprint density at radius 3 is 1.52 bits per heavy atom. The van der Waals surface area contributed by atoms with Crippen LogP contribution in [-0.2, 0) is 5.41 Å². The summed E-state index contributed by atoms with van der Waals surface area (Å²) in [6.07, 6.45) is 0. The van der Waals surface area contributed by atoms with Gasteiger partial charge in [0.15, 0.2) is 11.6 Å². The third-order valence-corrected chi connectivity index (χ3v) is 5.33. The molecule has 0 saturated carbocycles. The first-order valence-corrected chi connectivity index (χ1v) is 8.59. The number of nitro benzene ring substituents is 2. The van der Waals surface area contributed by atoms with Crippen LogP contribution in [0, 0.1) is 20.2 Å². The maximum atomic E-state index is 12.0. The number of carbonyl (C=O) groups excluding carboxylic acids is 2. The molecule has 10 nitrogen and oxygen atoms in total. The lowest BCUT2D eigenvalue weighted by atomic mass is 9.76. The van der Waals surface area contributed by atoms with Gasteiger partial charge in [-0.05, 0) is 26.0 Å². The average molecular weight is 398 g/mol. The van der Waals surface area contributed by atoms with Gasteiger partial charge in [-0.25, -0.2) is 0 Å². The molecule has 10 heteroatoms. The largest absolute Gasteiger partial charge is 0.492 e. The lowest BCUT2D eigenvalue weighted by Gasteiger charge is -2.21. The molecular formula is C19H14N2O8. The van der Waals surface area contributed by atoms with Crippen molar-refractivity contribution in [3.05, 3.63) is 66.7 Å². The molecule has 0 atom stereocenters. The number of nitrogens with zero attached hydrogens (tertiary/aromatic N) is 2. The van der Waals surface area contributed by atoms with Gasteiger partial charge in [0.05, 0.1) is 38.5 Å². The summed E-state index contributed by atoms with van der Waals surface area (Å²) in [5, 5.41) is 22.7. The van der Waals surface area contributed by atoms with Gasteiger partial charge in [-0.15, -0.1) is 0 Å². The SMILES string of the molecule is CC(=O)c1cc2c(cc1[N+](=O)[O-])OCC21COc2cc([N+](=O)[O-])c(C(C)=O)cc21. The molecule has 0 N–H and O–H groups in total. The Balaban J connectivity index is 1.96. The van der Waals surface area contributed by atoms with Crippen molar-refractivity contribution < 1.29 is 28.9 Å². The lowest BCUT2D eigenvalue weighted by Crippen LogP contribution is -2.31. The maximum absolute atomic E-state index is 12.0. The monoisotopic (exact) mass is 398 g/mol. The Labute approximate surface area is 163 Å². The number of Topliss-reactive ketones (excluding diaryl/α,β-unsaturated/α-hetero) is 2. The molecule has 0 unspecified atom stereocenters. The predicted octanol–water partition coefficient (Wildman–Crippen LogP) is 2.98. The number of ether oxygens (including phenoxy) is 2. The second-order valence-corrected chi connectivity index (χ2v) is 7.02. The zero-order valence-electron chi connectivity index (χ0n) is 15.4. The summed E-state index contributed by atoms with van der Waals surface area (Å²) in [6.45, 7) is 2.58. The van der Waals surface area contributed by atoms with Gasteiger partial charge in [-0.3, -0.25) is 29.8 Å². The van der Waals surface area contributed by atoms with Gasteiger partial charge >= 0.3 is 0 Å². The van der Waals surface area contributed by atoms with Crippen molar-refractivity contribution in [2.75, 3.05) is 13.2 Å². The molecule has 2 aromatic rings. The lowest BCUT2D eigenvalue weighted by molar-refractivity contribution is -0.385. The molecular weight excluding hydrogens is 384 g/mol. The van der Waals surface area contributed by atoms with Gasteiger partial charge in [0.1, 0.15) is 24.7 Å². The van der Waals surface area contributed by atoms with E-state index in [0.717, 1.165) is 0 Å². The summed E-state index contributed by atoms with van der Waals surface area (Å²) in [4.78, 5) is 45.3. The Hall–Kier alpha value is -3.82. The van der Waals surface area contributed by atoms with E-state index in [9.17, 15) is 29.8 Å². The molecule has 2 heterocycles. The van der Waals surface area contributed by atoms with E-state index in [0.29, 0.717) is 11.1 Å². The maximum Gasteiger partial charge on any atom is 0.283 e. The molecule has 2 aromatic carbocycles. The quantitative estimate of drug-likeness (QED) is 0.435. The summed E-state index contributed by atoms with van der Waals surface area (Å²) in [5.41, 5.74) is -0.767. The van der Waals surface area contributed by atoms with Crippen LogP contribution in [0.5, 0.6) is 11.5 Å². The Morgan fingerprint density at radius 1 is 0.828 bits per heavy atom. The van der Waals surface area contributed by atoms with Crippen LogP contribution in [0.2, 0.25) is 0 Å². The van der Waals surface area contributed by atoms with Crippen LogP contribution in [0.15, 0.2) is 24.3 Å². The highest BCUT2D eigenvalue weighted by atomic mass is 16.6. The van der Waals surface area contributed by atoms with E-state index in [1.807, 2.05) is 0 Å². The van der Waals surface area contributed by atoms with Crippen molar-refractivity contribution >= 4 is 22.9 Å². The Bertz CT molecular complexity index is 1050. The fourth-order valence-corrected chi connectivity index (χ4v) is 3.89. The molecule has 0 bridgehead atoms. The first-order valence-electron chi connectivity index (χ1n) is 8.59. The van der Waals surface area contributed by atoms with Gasteiger partial charge in [-0.1, -0.05) is 0 Å². The van der Waals surface area contributed by atoms with Gasteiger partial charge in [0, 0.05) is 11.1 Å². The van der Waals surface area contributed by atoms with Gasteiger partial charge in [0.25, 0.3) is 11.4 Å². The molecule has 0 radical (unpaired) electrons. The van der Waals surface area contributed by atoms with Gasteiger partial charge in [-0.2, -0.15) is 0 Å². The fourth-order valence-electron chi connectivity index (χ4n) is 3.89. The number of hydrogen-bond donors (Lipinski definition) is 0. The van der Waals surface area contributed by atoms with Crippen LogP contribution in [0.1, 0.15) is 45.7 Å². The Kier molecular flexibility index (Phi) is 3.89. The fraction of sp³-hybridized carbons (Fsp3) is 0.263. The highest BCUT2D eigenvalue weighted by Crippen LogP contribution is 2.53. The van der Waals surface area contributed by atoms with Crippen LogP contribution >= 0.6 is 0 Å². The van der Waals surface area contributed by atoms with E-state index in [4.69, 9.17) is 9.47 Å². The third-order valence-electron chi connectivity index (χ3n) is 5.33. The molecule has 2 aliphatic heterocycles. The molecule has 4 rings (SSSR count). The number of ketones is 2. The van der Waals surface area contributed by atoms with E-state index in [1.54, 1.807) is 0 Å². The van der Waals surface area contributed by atoms with Crippen molar-refractivity contribution in [2.24, 2.45) is 0 Å². The number of fused-ring (bicyclic) bond motifs is 4. The van der Waals surface area contributed by atoms with E-state index in [1.165, 1.54) is 38.1 Å². The zero-order chi connectivity index (χ0) is 21.1. The third kappa shape index (κ3) is 2.56. The number of rotatable bonds is 4. The second-order valence-electron chi connectivity index (χ2n) is 7.02. The summed E-state index contributed by atoms with van der Waals surface area (Å²) in [6, 6.07) is 5.23. The van der Waals surface area contributed by atoms with E-state index in [2.05, 4.69) is 0 Å². The molecule has 1 spiro atoms. The van der Waals surface area contributed by atoms with Crippen molar-refractivity contribution in [1.29, 1.82) is 0 Å². The minimum Gasteiger partial charge on any atom is -0.492 e. The second kappa shape index (κ2) is 6.09. The number of benzene rings is 2.